The fourth-order valence-electron chi connectivity index (χ4n) is 4.37. The fourth-order valence-corrected chi connectivity index (χ4v) is 4.54. The number of ketones is 1. The third kappa shape index (κ3) is 4.39. The van der Waals surface area contributed by atoms with Gasteiger partial charge in [-0.05, 0) is 30.3 Å². The van der Waals surface area contributed by atoms with Gasteiger partial charge in [0.2, 0.25) is 6.29 Å². The van der Waals surface area contributed by atoms with Gasteiger partial charge in [0, 0.05) is 21.5 Å². The minimum Gasteiger partial charge on any atom is -0.460 e. The second-order valence-corrected chi connectivity index (χ2v) is 8.99. The summed E-state index contributed by atoms with van der Waals surface area (Å²) in [6, 6.07) is 21.2. The van der Waals surface area contributed by atoms with E-state index < -0.39 is 37.3 Å². The molecule has 1 aliphatic heterocycles. The lowest BCUT2D eigenvalue weighted by Crippen LogP contribution is -2.60. The molecule has 0 amide bonds. The second-order valence-electron chi connectivity index (χ2n) is 8.55. The zero-order chi connectivity index (χ0) is 25.4. The number of hydrogen-bond acceptors (Lipinski definition) is 7. The molecule has 4 aromatic rings. The van der Waals surface area contributed by atoms with E-state index >= 15 is 0 Å². The molecule has 0 aliphatic carbocycles. The summed E-state index contributed by atoms with van der Waals surface area (Å²) < 4.78 is 13.2. The summed E-state index contributed by atoms with van der Waals surface area (Å²) in [7, 11) is 0. The molecule has 1 aromatic heterocycles. The van der Waals surface area contributed by atoms with Gasteiger partial charge in [0.1, 0.15) is 30.2 Å². The molecule has 2 heterocycles. The molecule has 9 heteroatoms. The minimum absolute atomic E-state index is 0.161. The molecule has 1 aliphatic rings. The van der Waals surface area contributed by atoms with Crippen molar-refractivity contribution < 1.29 is 34.7 Å². The van der Waals surface area contributed by atoms with Crippen molar-refractivity contribution in [2.24, 2.45) is 0 Å². The highest BCUT2D eigenvalue weighted by Gasteiger charge is 2.45. The second kappa shape index (κ2) is 10.0. The zero-order valence-electron chi connectivity index (χ0n) is 18.9. The number of aliphatic hydroxyl groups is 4. The standard InChI is InChI=1S/C27H24ClNO7/c28-16-10-11-17-20(12-16)29(13-21(17)35-27-26(34)25(33)24(32)22(14-30)36-27)19-9-5-4-8-18(19)23(31)15-6-2-1-3-7-15/h1-13,22,24-27,30,32-34H,14H2/t22-,24-,25+,26-,27+/m1/s1. The number of nitrogens with zero attached hydrogens (tertiary/aromatic N) is 1. The number of hydrogen-bond donors (Lipinski definition) is 4. The number of aromatic nitrogens is 1. The Morgan fingerprint density at radius 1 is 0.944 bits per heavy atom. The van der Waals surface area contributed by atoms with Crippen LogP contribution >= 0.6 is 11.6 Å². The third-order valence-electron chi connectivity index (χ3n) is 6.27. The van der Waals surface area contributed by atoms with Crippen molar-refractivity contribution in [1.29, 1.82) is 0 Å². The highest BCUT2D eigenvalue weighted by atomic mass is 35.5. The van der Waals surface area contributed by atoms with Crippen LogP contribution in [0.1, 0.15) is 15.9 Å². The number of rotatable bonds is 6. The van der Waals surface area contributed by atoms with E-state index in [1.54, 1.807) is 71.4 Å². The predicted molar refractivity (Wildman–Crippen MR) is 133 cm³/mol. The highest BCUT2D eigenvalue weighted by molar-refractivity contribution is 6.31. The van der Waals surface area contributed by atoms with Crippen molar-refractivity contribution >= 4 is 28.3 Å². The fraction of sp³-hybridized carbons (Fsp3) is 0.222. The molecule has 4 N–H and O–H groups in total. The first kappa shape index (κ1) is 24.5. The van der Waals surface area contributed by atoms with E-state index in [2.05, 4.69) is 0 Å². The molecule has 0 bridgehead atoms. The van der Waals surface area contributed by atoms with E-state index in [0.717, 1.165) is 0 Å². The molecule has 0 spiro atoms. The van der Waals surface area contributed by atoms with E-state index in [4.69, 9.17) is 21.1 Å². The Morgan fingerprint density at radius 3 is 2.42 bits per heavy atom. The Bertz CT molecular complexity index is 1390. The maximum Gasteiger partial charge on any atom is 0.229 e. The summed E-state index contributed by atoms with van der Waals surface area (Å²) >= 11 is 6.30. The number of ether oxygens (including phenoxy) is 2. The Hall–Kier alpha value is -3.24. The lowest BCUT2D eigenvalue weighted by Gasteiger charge is -2.39. The molecule has 0 saturated carbocycles. The number of fused-ring (bicyclic) bond motifs is 1. The van der Waals surface area contributed by atoms with Crippen LogP contribution in [-0.2, 0) is 4.74 Å². The summed E-state index contributed by atoms with van der Waals surface area (Å²) in [5.74, 6) is 0.124. The van der Waals surface area contributed by atoms with Crippen LogP contribution in [0.2, 0.25) is 5.02 Å². The van der Waals surface area contributed by atoms with Crippen LogP contribution in [-0.4, -0.2) is 68.1 Å². The van der Waals surface area contributed by atoms with Crippen molar-refractivity contribution in [1.82, 2.24) is 4.57 Å². The Labute approximate surface area is 211 Å². The van der Waals surface area contributed by atoms with E-state index in [1.807, 2.05) is 12.1 Å². The summed E-state index contributed by atoms with van der Waals surface area (Å²) in [5, 5.41) is 41.2. The molecule has 186 valence electrons. The largest absolute Gasteiger partial charge is 0.460 e. The van der Waals surface area contributed by atoms with E-state index in [9.17, 15) is 25.2 Å². The van der Waals surface area contributed by atoms with E-state index in [0.29, 0.717) is 32.7 Å². The number of aliphatic hydroxyl groups excluding tert-OH is 4. The van der Waals surface area contributed by atoms with Crippen LogP contribution in [0.15, 0.2) is 79.0 Å². The van der Waals surface area contributed by atoms with Gasteiger partial charge in [-0.25, -0.2) is 0 Å². The number of benzene rings is 3. The first-order valence-corrected chi connectivity index (χ1v) is 11.7. The van der Waals surface area contributed by atoms with E-state index in [1.165, 1.54) is 0 Å². The van der Waals surface area contributed by atoms with Crippen LogP contribution in [0.5, 0.6) is 5.75 Å². The topological polar surface area (TPSA) is 121 Å². The van der Waals surface area contributed by atoms with Gasteiger partial charge in [0.05, 0.1) is 24.0 Å². The van der Waals surface area contributed by atoms with Crippen molar-refractivity contribution in [2.75, 3.05) is 6.61 Å². The summed E-state index contributed by atoms with van der Waals surface area (Å²) in [6.45, 7) is -0.572. The van der Waals surface area contributed by atoms with Crippen LogP contribution in [0.25, 0.3) is 16.6 Å². The van der Waals surface area contributed by atoms with Crippen LogP contribution in [0.3, 0.4) is 0 Å². The minimum atomic E-state index is -1.58. The Kier molecular flexibility index (Phi) is 6.81. The molecule has 36 heavy (non-hydrogen) atoms. The number of carbonyl (C=O) groups excluding carboxylic acids is 1. The SMILES string of the molecule is O=C(c1ccccc1)c1ccccc1-n1cc(O[C@H]2O[C@H](CO)[C@@H](O)[C@H](O)[C@H]2O)c2ccc(Cl)cc21. The average molecular weight is 510 g/mol. The molecule has 8 nitrogen and oxygen atoms in total. The van der Waals surface area contributed by atoms with Crippen molar-refractivity contribution in [2.45, 2.75) is 30.7 Å². The quantitative estimate of drug-likeness (QED) is 0.295. The van der Waals surface area contributed by atoms with E-state index in [-0.39, 0.29) is 11.5 Å². The summed E-state index contributed by atoms with van der Waals surface area (Å²) in [4.78, 5) is 13.3. The smallest absolute Gasteiger partial charge is 0.229 e. The first-order valence-electron chi connectivity index (χ1n) is 11.4. The molecule has 0 radical (unpaired) electrons. The van der Waals surface area contributed by atoms with Gasteiger partial charge in [0.25, 0.3) is 0 Å². The normalized spacial score (nSPS) is 24.1. The third-order valence-corrected chi connectivity index (χ3v) is 6.50. The molecule has 0 unspecified atom stereocenters. The van der Waals surface area contributed by atoms with Gasteiger partial charge < -0.3 is 34.5 Å². The lowest BCUT2D eigenvalue weighted by atomic mass is 9.99. The number of halogens is 1. The van der Waals surface area contributed by atoms with Gasteiger partial charge in [0.15, 0.2) is 5.78 Å². The number of para-hydroxylation sites is 1. The zero-order valence-corrected chi connectivity index (χ0v) is 19.7. The first-order chi connectivity index (χ1) is 17.4. The Balaban J connectivity index is 1.59. The summed E-state index contributed by atoms with van der Waals surface area (Å²) in [6.07, 6.45) is -5.48. The maximum atomic E-state index is 13.3. The summed E-state index contributed by atoms with van der Waals surface area (Å²) in [5.41, 5.74) is 2.22. The average Bonchev–Trinajstić information content (AvgIpc) is 3.26. The molecule has 1 saturated heterocycles. The van der Waals surface area contributed by atoms with Gasteiger partial charge in [-0.15, -0.1) is 0 Å². The lowest BCUT2D eigenvalue weighted by molar-refractivity contribution is -0.277. The highest BCUT2D eigenvalue weighted by Crippen LogP contribution is 2.36. The van der Waals surface area contributed by atoms with Crippen LogP contribution in [0, 0.1) is 0 Å². The monoisotopic (exact) mass is 509 g/mol. The molecular formula is C27H24ClNO7. The van der Waals surface area contributed by atoms with Gasteiger partial charge >= 0.3 is 0 Å². The van der Waals surface area contributed by atoms with Gasteiger partial charge in [-0.3, -0.25) is 4.79 Å². The molecular weight excluding hydrogens is 486 g/mol. The molecule has 5 rings (SSSR count). The molecule has 5 atom stereocenters. The van der Waals surface area contributed by atoms with Gasteiger partial charge in [-0.2, -0.15) is 0 Å². The molecule has 1 fully saturated rings. The molecule has 3 aromatic carbocycles. The van der Waals surface area contributed by atoms with Crippen LogP contribution in [0.4, 0.5) is 0 Å². The number of carbonyl (C=O) groups is 1. The maximum absolute atomic E-state index is 13.3. The van der Waals surface area contributed by atoms with Gasteiger partial charge in [-0.1, -0.05) is 54.1 Å². The predicted octanol–water partition coefficient (Wildman–Crippen LogP) is 2.69. The van der Waals surface area contributed by atoms with Crippen molar-refractivity contribution in [3.8, 4) is 11.4 Å². The van der Waals surface area contributed by atoms with Crippen LogP contribution < -0.4 is 4.74 Å². The Morgan fingerprint density at radius 2 is 1.67 bits per heavy atom. The van der Waals surface area contributed by atoms with Crippen molar-refractivity contribution in [3.05, 3.63) is 95.1 Å². The van der Waals surface area contributed by atoms with Crippen molar-refractivity contribution in [3.63, 3.8) is 0 Å².